The second-order valence-corrected chi connectivity index (χ2v) is 9.57. The van der Waals surface area contributed by atoms with Crippen LogP contribution < -0.4 is 0 Å². The van der Waals surface area contributed by atoms with Gasteiger partial charge in [0.25, 0.3) is 0 Å². The van der Waals surface area contributed by atoms with Crippen molar-refractivity contribution in [1.82, 2.24) is 4.57 Å². The van der Waals surface area contributed by atoms with Gasteiger partial charge in [-0.2, -0.15) is 0 Å². The Morgan fingerprint density at radius 1 is 0.457 bits per heavy atom. The lowest BCUT2D eigenvalue weighted by Gasteiger charge is -2.11. The summed E-state index contributed by atoms with van der Waals surface area (Å²) < 4.78 is 2.41. The maximum Gasteiger partial charge on any atom is 0.0540 e. The number of hydrogen-bond donors (Lipinski definition) is 0. The van der Waals surface area contributed by atoms with Crippen LogP contribution >= 0.6 is 0 Å². The third kappa shape index (κ3) is 3.16. The van der Waals surface area contributed by atoms with Crippen LogP contribution in [0.3, 0.4) is 0 Å². The maximum absolute atomic E-state index is 2.41. The van der Waals surface area contributed by atoms with Gasteiger partial charge in [-0.1, -0.05) is 78.9 Å². The third-order valence-electron chi connectivity index (χ3n) is 7.55. The molecule has 0 unspecified atom stereocenters. The molecule has 0 saturated carbocycles. The molecule has 0 spiro atoms. The second kappa shape index (κ2) is 7.58. The lowest BCUT2D eigenvalue weighted by Crippen LogP contribution is -1.96. The number of benzene rings is 6. The van der Waals surface area contributed by atoms with Crippen molar-refractivity contribution in [3.8, 4) is 16.8 Å². The Morgan fingerprint density at radius 2 is 1.00 bits per heavy atom. The minimum Gasteiger partial charge on any atom is -0.314 e. The van der Waals surface area contributed by atoms with Crippen LogP contribution in [0.2, 0.25) is 0 Å². The summed E-state index contributed by atoms with van der Waals surface area (Å²) in [4.78, 5) is 0. The highest BCUT2D eigenvalue weighted by atomic mass is 15.0. The smallest absolute Gasteiger partial charge is 0.0540 e. The summed E-state index contributed by atoms with van der Waals surface area (Å²) in [5.41, 5.74) is 7.62. The van der Waals surface area contributed by atoms with Gasteiger partial charge in [0.1, 0.15) is 0 Å². The first kappa shape index (κ1) is 20.1. The van der Waals surface area contributed by atoms with Gasteiger partial charge in [-0.05, 0) is 99.3 Å². The summed E-state index contributed by atoms with van der Waals surface area (Å²) in [6, 6.07) is 42.2. The van der Waals surface area contributed by atoms with E-state index in [-0.39, 0.29) is 0 Å². The normalized spacial score (nSPS) is 11.7. The lowest BCUT2D eigenvalue weighted by molar-refractivity contribution is 1.04. The van der Waals surface area contributed by atoms with Crippen LogP contribution in [-0.4, -0.2) is 4.57 Å². The molecule has 1 heteroatoms. The van der Waals surface area contributed by atoms with Gasteiger partial charge in [0, 0.05) is 16.8 Å². The predicted molar refractivity (Wildman–Crippen MR) is 151 cm³/mol. The Balaban J connectivity index is 1.41. The summed E-state index contributed by atoms with van der Waals surface area (Å²) in [6.45, 7) is 4.48. The first-order chi connectivity index (χ1) is 17.2. The summed E-state index contributed by atoms with van der Waals surface area (Å²) >= 11 is 0. The van der Waals surface area contributed by atoms with Crippen molar-refractivity contribution < 1.29 is 0 Å². The van der Waals surface area contributed by atoms with Crippen molar-refractivity contribution in [1.29, 1.82) is 0 Å². The Morgan fingerprint density at radius 3 is 1.71 bits per heavy atom. The van der Waals surface area contributed by atoms with Gasteiger partial charge in [-0.15, -0.1) is 0 Å². The van der Waals surface area contributed by atoms with Crippen molar-refractivity contribution >= 4 is 43.2 Å². The van der Waals surface area contributed by atoms with Gasteiger partial charge in [0.05, 0.1) is 5.52 Å². The number of hydrogen-bond acceptors (Lipinski definition) is 0. The standard InChI is InChI=1S/C34H25N/c1-22-23(2)35(32-16-15-25-8-4-6-10-27(25)19-32)34-21-30-14-13-29(18-31(30)20-33(22)34)28-12-11-24-7-3-5-9-26(24)17-28/h3-21H,1-2H3. The van der Waals surface area contributed by atoms with E-state index in [1.165, 1.54) is 71.3 Å². The Hall–Kier alpha value is -4.36. The fourth-order valence-corrected chi connectivity index (χ4v) is 5.51. The molecule has 0 amide bonds. The van der Waals surface area contributed by atoms with Crippen molar-refractivity contribution in [3.05, 3.63) is 127 Å². The van der Waals surface area contributed by atoms with Gasteiger partial charge in [0.15, 0.2) is 0 Å². The first-order valence-electron chi connectivity index (χ1n) is 12.2. The largest absolute Gasteiger partial charge is 0.314 e. The lowest BCUT2D eigenvalue weighted by atomic mass is 9.97. The molecule has 0 radical (unpaired) electrons. The van der Waals surface area contributed by atoms with Crippen molar-refractivity contribution in [2.24, 2.45) is 0 Å². The molecule has 0 aliphatic heterocycles. The highest BCUT2D eigenvalue weighted by Crippen LogP contribution is 2.35. The number of aromatic nitrogens is 1. The third-order valence-corrected chi connectivity index (χ3v) is 7.55. The quantitative estimate of drug-likeness (QED) is 0.249. The molecule has 0 fully saturated rings. The molecule has 0 bridgehead atoms. The molecular weight excluding hydrogens is 422 g/mol. The molecule has 1 heterocycles. The van der Waals surface area contributed by atoms with E-state index in [9.17, 15) is 0 Å². The number of aryl methyl sites for hydroxylation is 1. The van der Waals surface area contributed by atoms with Crippen LogP contribution in [0.4, 0.5) is 0 Å². The van der Waals surface area contributed by atoms with E-state index in [0.717, 1.165) is 0 Å². The van der Waals surface area contributed by atoms with Gasteiger partial charge >= 0.3 is 0 Å². The van der Waals surface area contributed by atoms with Crippen LogP contribution in [0.25, 0.3) is 60.0 Å². The highest BCUT2D eigenvalue weighted by Gasteiger charge is 2.14. The van der Waals surface area contributed by atoms with Crippen LogP contribution in [0, 0.1) is 13.8 Å². The fourth-order valence-electron chi connectivity index (χ4n) is 5.51. The molecule has 7 rings (SSSR count). The number of nitrogens with zero attached hydrogens (tertiary/aromatic N) is 1. The molecule has 6 aromatic carbocycles. The van der Waals surface area contributed by atoms with Crippen molar-refractivity contribution in [3.63, 3.8) is 0 Å². The van der Waals surface area contributed by atoms with Crippen LogP contribution in [0.5, 0.6) is 0 Å². The second-order valence-electron chi connectivity index (χ2n) is 9.57. The van der Waals surface area contributed by atoms with Crippen molar-refractivity contribution in [2.75, 3.05) is 0 Å². The highest BCUT2D eigenvalue weighted by molar-refractivity contribution is 6.02. The molecular formula is C34H25N. The topological polar surface area (TPSA) is 4.93 Å². The van der Waals surface area contributed by atoms with Crippen molar-refractivity contribution in [2.45, 2.75) is 13.8 Å². The Bertz CT molecular complexity index is 1920. The molecule has 0 aliphatic rings. The zero-order valence-electron chi connectivity index (χ0n) is 19.9. The summed E-state index contributed by atoms with van der Waals surface area (Å²) in [5, 5.41) is 8.96. The summed E-state index contributed by atoms with van der Waals surface area (Å²) in [5.74, 6) is 0. The molecule has 1 aromatic heterocycles. The van der Waals surface area contributed by atoms with Crippen LogP contribution in [-0.2, 0) is 0 Å². The van der Waals surface area contributed by atoms with Gasteiger partial charge in [-0.25, -0.2) is 0 Å². The van der Waals surface area contributed by atoms with E-state index < -0.39 is 0 Å². The molecule has 0 aliphatic carbocycles. The predicted octanol–water partition coefficient (Wildman–Crippen LogP) is 9.37. The minimum absolute atomic E-state index is 1.21. The molecule has 35 heavy (non-hydrogen) atoms. The minimum atomic E-state index is 1.21. The number of rotatable bonds is 2. The van der Waals surface area contributed by atoms with Gasteiger partial charge < -0.3 is 4.57 Å². The van der Waals surface area contributed by atoms with E-state index in [0.29, 0.717) is 0 Å². The zero-order chi connectivity index (χ0) is 23.5. The summed E-state index contributed by atoms with van der Waals surface area (Å²) in [7, 11) is 0. The van der Waals surface area contributed by atoms with Crippen LogP contribution in [0.1, 0.15) is 11.3 Å². The monoisotopic (exact) mass is 447 g/mol. The Labute approximate surface area is 204 Å². The molecule has 0 N–H and O–H groups in total. The first-order valence-corrected chi connectivity index (χ1v) is 12.2. The molecule has 0 atom stereocenters. The molecule has 1 nitrogen and oxygen atoms in total. The Kier molecular flexibility index (Phi) is 4.34. The molecule has 0 saturated heterocycles. The fraction of sp³-hybridized carbons (Fsp3) is 0.0588. The van der Waals surface area contributed by atoms with E-state index in [2.05, 4.69) is 134 Å². The average Bonchev–Trinajstić information content (AvgIpc) is 3.15. The average molecular weight is 448 g/mol. The zero-order valence-corrected chi connectivity index (χ0v) is 19.9. The van der Waals surface area contributed by atoms with Crippen LogP contribution in [0.15, 0.2) is 115 Å². The van der Waals surface area contributed by atoms with E-state index in [4.69, 9.17) is 0 Å². The van der Waals surface area contributed by atoms with E-state index >= 15 is 0 Å². The van der Waals surface area contributed by atoms with Gasteiger partial charge in [0.2, 0.25) is 0 Å². The number of fused-ring (bicyclic) bond motifs is 4. The SMILES string of the molecule is Cc1c(C)n(-c2ccc3ccccc3c2)c2cc3ccc(-c4ccc5ccccc5c4)cc3cc12. The summed E-state index contributed by atoms with van der Waals surface area (Å²) in [6.07, 6.45) is 0. The van der Waals surface area contributed by atoms with E-state index in [1.807, 2.05) is 0 Å². The molecule has 7 aromatic rings. The van der Waals surface area contributed by atoms with E-state index in [1.54, 1.807) is 0 Å². The van der Waals surface area contributed by atoms with Gasteiger partial charge in [-0.3, -0.25) is 0 Å². The molecule has 166 valence electrons. The maximum atomic E-state index is 2.41.